The number of hydrogen-bond donors (Lipinski definition) is 1. The molecule has 146 valence electrons. The highest BCUT2D eigenvalue weighted by atomic mass is 35.5. The molecule has 3 saturated heterocycles. The Hall–Kier alpha value is -1.10. The first kappa shape index (κ1) is 19.2. The zero-order chi connectivity index (χ0) is 18.1. The number of piperidine rings is 3. The van der Waals surface area contributed by atoms with Crippen LogP contribution in [0.1, 0.15) is 66.2 Å². The number of halogens is 1. The topological polar surface area (TPSA) is 32.3 Å². The van der Waals surface area contributed by atoms with E-state index in [9.17, 15) is 4.79 Å². The Balaban J connectivity index is 0.00000180. The van der Waals surface area contributed by atoms with E-state index >= 15 is 0 Å². The fourth-order valence-corrected chi connectivity index (χ4v) is 6.54. The van der Waals surface area contributed by atoms with Crippen LogP contribution in [0.3, 0.4) is 0 Å². The van der Waals surface area contributed by atoms with Gasteiger partial charge in [-0.05, 0) is 94.0 Å². The molecule has 5 heteroatoms. The van der Waals surface area contributed by atoms with E-state index < -0.39 is 0 Å². The van der Waals surface area contributed by atoms with Gasteiger partial charge in [0.25, 0.3) is 5.91 Å². The first-order valence-corrected chi connectivity index (χ1v) is 10.9. The van der Waals surface area contributed by atoms with Crippen LogP contribution in [0.2, 0.25) is 0 Å². The molecule has 1 aromatic carbocycles. The molecule has 3 aliphatic heterocycles. The van der Waals surface area contributed by atoms with E-state index in [2.05, 4.69) is 49.2 Å². The van der Waals surface area contributed by atoms with Crippen molar-refractivity contribution < 1.29 is 4.79 Å². The van der Waals surface area contributed by atoms with Crippen molar-refractivity contribution in [1.29, 1.82) is 0 Å². The summed E-state index contributed by atoms with van der Waals surface area (Å²) in [4.78, 5) is 16.5. The Labute approximate surface area is 171 Å². The van der Waals surface area contributed by atoms with Gasteiger partial charge in [0.15, 0.2) is 0 Å². The van der Waals surface area contributed by atoms with Gasteiger partial charge in [-0.2, -0.15) is 0 Å². The van der Waals surface area contributed by atoms with Crippen molar-refractivity contribution in [1.82, 2.24) is 10.2 Å². The van der Waals surface area contributed by atoms with Gasteiger partial charge in [-0.3, -0.25) is 9.69 Å². The van der Waals surface area contributed by atoms with Gasteiger partial charge in [0.2, 0.25) is 0 Å². The zero-order valence-electron chi connectivity index (χ0n) is 16.4. The molecule has 1 amide bonds. The average molecular weight is 405 g/mol. The van der Waals surface area contributed by atoms with Crippen LogP contribution in [0.15, 0.2) is 18.2 Å². The molecule has 3 nitrogen and oxygen atoms in total. The Kier molecular flexibility index (Phi) is 4.81. The molecule has 4 heterocycles. The number of nitrogens with zero attached hydrogens (tertiary/aromatic N) is 1. The molecule has 1 N–H and O–H groups in total. The van der Waals surface area contributed by atoms with Crippen LogP contribution in [0.4, 0.5) is 0 Å². The first-order valence-electron chi connectivity index (χ1n) is 10.0. The minimum absolute atomic E-state index is 0. The minimum Gasteiger partial charge on any atom is -0.346 e. The highest BCUT2D eigenvalue weighted by Crippen LogP contribution is 2.47. The molecule has 4 fully saturated rings. The molecule has 1 atom stereocenters. The lowest BCUT2D eigenvalue weighted by Crippen LogP contribution is -2.69. The van der Waals surface area contributed by atoms with Gasteiger partial charge in [0, 0.05) is 16.3 Å². The van der Waals surface area contributed by atoms with Crippen molar-refractivity contribution >= 4 is 39.7 Å². The third kappa shape index (κ3) is 3.10. The van der Waals surface area contributed by atoms with Crippen LogP contribution >= 0.6 is 23.7 Å². The van der Waals surface area contributed by atoms with Crippen LogP contribution in [0.25, 0.3) is 10.1 Å². The van der Waals surface area contributed by atoms with E-state index in [4.69, 9.17) is 0 Å². The van der Waals surface area contributed by atoms with Crippen molar-refractivity contribution in [3.8, 4) is 0 Å². The van der Waals surface area contributed by atoms with E-state index in [-0.39, 0.29) is 29.9 Å². The lowest BCUT2D eigenvalue weighted by atomic mass is 9.72. The van der Waals surface area contributed by atoms with Gasteiger partial charge in [0.1, 0.15) is 0 Å². The molecule has 2 aromatic rings. The van der Waals surface area contributed by atoms with Gasteiger partial charge in [-0.15, -0.1) is 23.7 Å². The summed E-state index contributed by atoms with van der Waals surface area (Å²) in [6, 6.07) is 6.77. The van der Waals surface area contributed by atoms with E-state index in [0.717, 1.165) is 4.88 Å². The second kappa shape index (κ2) is 6.75. The Morgan fingerprint density at radius 2 is 1.89 bits per heavy atom. The Morgan fingerprint density at radius 1 is 1.19 bits per heavy atom. The van der Waals surface area contributed by atoms with Crippen LogP contribution in [0, 0.1) is 12.8 Å². The summed E-state index contributed by atoms with van der Waals surface area (Å²) in [5, 5.41) is 4.66. The quantitative estimate of drug-likeness (QED) is 0.770. The summed E-state index contributed by atoms with van der Waals surface area (Å²) in [5.41, 5.74) is 2.94. The maximum atomic E-state index is 13.1. The SMILES string of the molecule is Cc1ccc2cc(C(=O)NC3C4CCN(CC4)C3(C)C)sc2c1C1CC1.Cl. The van der Waals surface area contributed by atoms with Gasteiger partial charge in [-0.25, -0.2) is 0 Å². The molecule has 0 radical (unpaired) electrons. The summed E-state index contributed by atoms with van der Waals surface area (Å²) >= 11 is 1.70. The third-order valence-corrected chi connectivity index (χ3v) is 8.21. The Bertz CT molecular complexity index is 878. The molecule has 1 saturated carbocycles. The molecular formula is C22H29ClN2OS. The summed E-state index contributed by atoms with van der Waals surface area (Å²) in [7, 11) is 0. The lowest BCUT2D eigenvalue weighted by Gasteiger charge is -2.56. The maximum Gasteiger partial charge on any atom is 0.261 e. The van der Waals surface area contributed by atoms with Crippen molar-refractivity contribution in [2.75, 3.05) is 13.1 Å². The van der Waals surface area contributed by atoms with Crippen molar-refractivity contribution in [3.63, 3.8) is 0 Å². The molecule has 6 rings (SSSR count). The van der Waals surface area contributed by atoms with Gasteiger partial charge in [0.05, 0.1) is 4.88 Å². The largest absolute Gasteiger partial charge is 0.346 e. The standard InChI is InChI=1S/C22H28N2OS.ClH/c1-13-4-5-16-12-17(26-19(16)18(13)14-6-7-14)21(25)23-20-15-8-10-24(11-9-15)22(20,2)3;/h4-5,12,14-15,20H,6-11H2,1-3H3,(H,23,25);1H. The van der Waals surface area contributed by atoms with Crippen molar-refractivity contribution in [2.24, 2.45) is 5.92 Å². The number of benzene rings is 1. The van der Waals surface area contributed by atoms with Crippen LogP contribution < -0.4 is 5.32 Å². The normalized spacial score (nSPS) is 28.8. The molecule has 1 aromatic heterocycles. The van der Waals surface area contributed by atoms with Gasteiger partial charge in [-0.1, -0.05) is 12.1 Å². The summed E-state index contributed by atoms with van der Waals surface area (Å²) < 4.78 is 1.34. The predicted octanol–water partition coefficient (Wildman–Crippen LogP) is 5.11. The van der Waals surface area contributed by atoms with E-state index in [0.29, 0.717) is 11.8 Å². The second-order valence-corrected chi connectivity index (χ2v) is 10.1. The van der Waals surface area contributed by atoms with E-state index in [1.54, 1.807) is 11.3 Å². The summed E-state index contributed by atoms with van der Waals surface area (Å²) in [6.45, 7) is 9.15. The van der Waals surface area contributed by atoms with E-state index in [1.807, 2.05) is 0 Å². The highest BCUT2D eigenvalue weighted by Gasteiger charge is 2.48. The number of carbonyl (C=O) groups excluding carboxylic acids is 1. The number of fused-ring (bicyclic) bond motifs is 4. The highest BCUT2D eigenvalue weighted by molar-refractivity contribution is 7.21. The van der Waals surface area contributed by atoms with Crippen LogP contribution in [-0.4, -0.2) is 35.5 Å². The maximum absolute atomic E-state index is 13.1. The molecule has 1 unspecified atom stereocenters. The fourth-order valence-electron chi connectivity index (χ4n) is 5.30. The smallest absolute Gasteiger partial charge is 0.261 e. The number of thiophene rings is 1. The third-order valence-electron chi connectivity index (χ3n) is 7.03. The Morgan fingerprint density at radius 3 is 2.52 bits per heavy atom. The second-order valence-electron chi connectivity index (χ2n) is 9.03. The molecule has 0 spiro atoms. The van der Waals surface area contributed by atoms with Crippen molar-refractivity contribution in [2.45, 2.75) is 64.0 Å². The number of hydrogen-bond acceptors (Lipinski definition) is 3. The molecule has 2 bridgehead atoms. The van der Waals surface area contributed by atoms with E-state index in [1.165, 1.54) is 60.0 Å². The zero-order valence-corrected chi connectivity index (χ0v) is 18.0. The predicted molar refractivity (Wildman–Crippen MR) is 115 cm³/mol. The lowest BCUT2D eigenvalue weighted by molar-refractivity contribution is -0.0377. The number of carbonyl (C=O) groups is 1. The molecular weight excluding hydrogens is 376 g/mol. The average Bonchev–Trinajstić information content (AvgIpc) is 3.35. The van der Waals surface area contributed by atoms with Crippen LogP contribution in [-0.2, 0) is 0 Å². The number of amides is 1. The van der Waals surface area contributed by atoms with Gasteiger partial charge < -0.3 is 5.32 Å². The van der Waals surface area contributed by atoms with Crippen molar-refractivity contribution in [3.05, 3.63) is 34.2 Å². The molecule has 4 aliphatic rings. The summed E-state index contributed by atoms with van der Waals surface area (Å²) in [6.07, 6.45) is 5.03. The van der Waals surface area contributed by atoms with Crippen LogP contribution in [0.5, 0.6) is 0 Å². The molecule has 1 aliphatic carbocycles. The first-order chi connectivity index (χ1) is 12.4. The molecule has 27 heavy (non-hydrogen) atoms. The number of nitrogens with one attached hydrogen (secondary N) is 1. The van der Waals surface area contributed by atoms with Gasteiger partial charge >= 0.3 is 0 Å². The monoisotopic (exact) mass is 404 g/mol. The number of aryl methyl sites for hydroxylation is 1. The number of rotatable bonds is 3. The summed E-state index contributed by atoms with van der Waals surface area (Å²) in [5.74, 6) is 1.46. The fraction of sp³-hybridized carbons (Fsp3) is 0.591. The minimum atomic E-state index is 0.